The number of benzene rings is 1. The lowest BCUT2D eigenvalue weighted by Crippen LogP contribution is -2.14. The van der Waals surface area contributed by atoms with E-state index in [0.717, 1.165) is 17.2 Å². The summed E-state index contributed by atoms with van der Waals surface area (Å²) in [6.45, 7) is 0. The van der Waals surface area contributed by atoms with E-state index in [4.69, 9.17) is 5.73 Å². The third-order valence-corrected chi connectivity index (χ3v) is 5.08. The third kappa shape index (κ3) is 1.80. The highest BCUT2D eigenvalue weighted by Crippen LogP contribution is 2.62. The maximum Gasteiger partial charge on any atom is 0.127 e. The summed E-state index contributed by atoms with van der Waals surface area (Å²) in [5.41, 5.74) is 9.81. The first-order valence-electron chi connectivity index (χ1n) is 7.46. The molecule has 3 heteroatoms. The monoisotopic (exact) mass is 265 g/mol. The summed E-state index contributed by atoms with van der Waals surface area (Å²) in [5, 5.41) is 0. The van der Waals surface area contributed by atoms with Gasteiger partial charge in [0.1, 0.15) is 12.1 Å². The molecule has 0 amide bonds. The number of nitrogen functional groups attached to an aromatic ring is 1. The fourth-order valence-electron chi connectivity index (χ4n) is 3.91. The summed E-state index contributed by atoms with van der Waals surface area (Å²) in [6.07, 6.45) is 8.46. The second kappa shape index (κ2) is 4.30. The van der Waals surface area contributed by atoms with Crippen molar-refractivity contribution in [2.75, 3.05) is 5.73 Å². The largest absolute Gasteiger partial charge is 0.384 e. The Labute approximate surface area is 119 Å². The highest BCUT2D eigenvalue weighted by Gasteiger charge is 2.55. The summed E-state index contributed by atoms with van der Waals surface area (Å²) in [4.78, 5) is 8.31. The summed E-state index contributed by atoms with van der Waals surface area (Å²) in [7, 11) is 0. The zero-order valence-electron chi connectivity index (χ0n) is 11.5. The number of aromatic nitrogens is 2. The first-order chi connectivity index (χ1) is 9.78. The molecular weight excluding hydrogens is 246 g/mol. The van der Waals surface area contributed by atoms with Gasteiger partial charge in [-0.15, -0.1) is 0 Å². The van der Waals surface area contributed by atoms with Gasteiger partial charge in [0.25, 0.3) is 0 Å². The number of rotatable bonds is 2. The average molecular weight is 265 g/mol. The molecule has 2 atom stereocenters. The molecule has 2 aliphatic carbocycles. The Morgan fingerprint density at radius 2 is 2.10 bits per heavy atom. The molecule has 102 valence electrons. The van der Waals surface area contributed by atoms with Crippen molar-refractivity contribution in [1.29, 1.82) is 0 Å². The Balaban J connectivity index is 1.72. The molecule has 0 radical (unpaired) electrons. The van der Waals surface area contributed by atoms with Gasteiger partial charge in [-0.2, -0.15) is 0 Å². The molecule has 2 fully saturated rings. The normalized spacial score (nSPS) is 27.9. The van der Waals surface area contributed by atoms with E-state index in [-0.39, 0.29) is 0 Å². The van der Waals surface area contributed by atoms with Crippen LogP contribution in [0.3, 0.4) is 0 Å². The van der Waals surface area contributed by atoms with Gasteiger partial charge in [0.15, 0.2) is 0 Å². The molecule has 1 aromatic carbocycles. The molecule has 3 nitrogen and oxygen atoms in total. The molecule has 2 saturated carbocycles. The average Bonchev–Trinajstić information content (AvgIpc) is 3.23. The smallest absolute Gasteiger partial charge is 0.127 e. The molecule has 20 heavy (non-hydrogen) atoms. The number of nitrogens with two attached hydrogens (primary N) is 1. The summed E-state index contributed by atoms with van der Waals surface area (Å²) in [5.74, 6) is 1.45. The van der Waals surface area contributed by atoms with Gasteiger partial charge in [-0.3, -0.25) is 0 Å². The molecule has 0 saturated heterocycles. The van der Waals surface area contributed by atoms with Crippen LogP contribution in [-0.4, -0.2) is 9.97 Å². The molecule has 1 aromatic heterocycles. The van der Waals surface area contributed by atoms with E-state index in [1.54, 1.807) is 0 Å². The van der Waals surface area contributed by atoms with Crippen molar-refractivity contribution in [2.24, 2.45) is 5.92 Å². The number of anilines is 1. The van der Waals surface area contributed by atoms with E-state index in [9.17, 15) is 0 Å². The van der Waals surface area contributed by atoms with E-state index in [2.05, 4.69) is 34.2 Å². The van der Waals surface area contributed by atoms with Gasteiger partial charge < -0.3 is 5.73 Å². The van der Waals surface area contributed by atoms with Crippen LogP contribution < -0.4 is 5.73 Å². The Kier molecular flexibility index (Phi) is 2.56. The fraction of sp³-hybridized carbons (Fsp3) is 0.412. The minimum Gasteiger partial charge on any atom is -0.384 e. The minimum absolute atomic E-state index is 0.479. The van der Waals surface area contributed by atoms with Gasteiger partial charge in [0.05, 0.1) is 5.69 Å². The van der Waals surface area contributed by atoms with E-state index in [0.29, 0.717) is 11.2 Å². The van der Waals surface area contributed by atoms with Crippen molar-refractivity contribution in [3.8, 4) is 11.3 Å². The van der Waals surface area contributed by atoms with E-state index in [1.807, 2.05) is 6.07 Å². The molecular formula is C17H19N3. The van der Waals surface area contributed by atoms with Crippen molar-refractivity contribution in [3.63, 3.8) is 0 Å². The lowest BCUT2D eigenvalue weighted by atomic mass is 9.82. The molecule has 2 aliphatic rings. The Hall–Kier alpha value is -1.90. The van der Waals surface area contributed by atoms with E-state index in [1.165, 1.54) is 44.0 Å². The van der Waals surface area contributed by atoms with Gasteiger partial charge in [0.2, 0.25) is 0 Å². The molecule has 4 rings (SSSR count). The molecule has 2 aromatic rings. The van der Waals surface area contributed by atoms with Gasteiger partial charge in [-0.05, 0) is 42.2 Å². The third-order valence-electron chi connectivity index (χ3n) is 5.08. The van der Waals surface area contributed by atoms with Crippen LogP contribution in [0.1, 0.15) is 37.7 Å². The van der Waals surface area contributed by atoms with Gasteiger partial charge in [-0.25, -0.2) is 9.97 Å². The van der Waals surface area contributed by atoms with Crippen molar-refractivity contribution >= 4 is 5.82 Å². The fourth-order valence-corrected chi connectivity index (χ4v) is 3.91. The topological polar surface area (TPSA) is 51.8 Å². The quantitative estimate of drug-likeness (QED) is 0.903. The van der Waals surface area contributed by atoms with Crippen LogP contribution in [0.15, 0.2) is 36.7 Å². The Morgan fingerprint density at radius 1 is 1.15 bits per heavy atom. The van der Waals surface area contributed by atoms with E-state index < -0.39 is 0 Å². The molecule has 0 spiro atoms. The van der Waals surface area contributed by atoms with Crippen LogP contribution in [0, 0.1) is 5.92 Å². The SMILES string of the molecule is Nc1cc(-c2cccc(C34CCCCC3C4)c2)ncn1. The Morgan fingerprint density at radius 3 is 2.95 bits per heavy atom. The molecule has 0 aliphatic heterocycles. The standard InChI is InChI=1S/C17H19N3/c18-16-9-15(19-11-20-16)12-4-3-6-13(8-12)17-7-2-1-5-14(17)10-17/h3-4,6,8-9,11,14H,1-2,5,7,10H2,(H2,18,19,20). The highest BCUT2D eigenvalue weighted by molar-refractivity contribution is 5.63. The second-order valence-corrected chi connectivity index (χ2v) is 6.21. The predicted octanol–water partition coefficient (Wildman–Crippen LogP) is 3.56. The van der Waals surface area contributed by atoms with Crippen LogP contribution >= 0.6 is 0 Å². The van der Waals surface area contributed by atoms with Crippen molar-refractivity contribution < 1.29 is 0 Å². The van der Waals surface area contributed by atoms with Crippen molar-refractivity contribution in [1.82, 2.24) is 9.97 Å². The Bertz CT molecular complexity index is 652. The lowest BCUT2D eigenvalue weighted by Gasteiger charge is -2.23. The van der Waals surface area contributed by atoms with Crippen molar-refractivity contribution in [3.05, 3.63) is 42.2 Å². The van der Waals surface area contributed by atoms with Crippen LogP contribution in [0.5, 0.6) is 0 Å². The first-order valence-corrected chi connectivity index (χ1v) is 7.46. The molecule has 0 bridgehead atoms. The van der Waals surface area contributed by atoms with Crippen LogP contribution in [0.4, 0.5) is 5.82 Å². The number of hydrogen-bond donors (Lipinski definition) is 1. The minimum atomic E-state index is 0.479. The zero-order chi connectivity index (χ0) is 13.6. The molecule has 2 unspecified atom stereocenters. The van der Waals surface area contributed by atoms with Crippen LogP contribution in [0.2, 0.25) is 0 Å². The zero-order valence-corrected chi connectivity index (χ0v) is 11.5. The van der Waals surface area contributed by atoms with E-state index >= 15 is 0 Å². The molecule has 1 heterocycles. The predicted molar refractivity (Wildman–Crippen MR) is 80.1 cm³/mol. The summed E-state index contributed by atoms with van der Waals surface area (Å²) < 4.78 is 0. The van der Waals surface area contributed by atoms with Crippen LogP contribution in [0.25, 0.3) is 11.3 Å². The maximum absolute atomic E-state index is 5.76. The highest BCUT2D eigenvalue weighted by atomic mass is 14.9. The number of fused-ring (bicyclic) bond motifs is 1. The van der Waals surface area contributed by atoms with Crippen molar-refractivity contribution in [2.45, 2.75) is 37.5 Å². The van der Waals surface area contributed by atoms with Gasteiger partial charge in [0, 0.05) is 11.6 Å². The van der Waals surface area contributed by atoms with Gasteiger partial charge in [-0.1, -0.05) is 31.0 Å². The van der Waals surface area contributed by atoms with Gasteiger partial charge >= 0.3 is 0 Å². The second-order valence-electron chi connectivity index (χ2n) is 6.21. The number of hydrogen-bond acceptors (Lipinski definition) is 3. The molecule has 2 N–H and O–H groups in total. The summed E-state index contributed by atoms with van der Waals surface area (Å²) >= 11 is 0. The first kappa shape index (κ1) is 11.9. The maximum atomic E-state index is 5.76. The lowest BCUT2D eigenvalue weighted by molar-refractivity contribution is 0.428. The number of nitrogens with zero attached hydrogens (tertiary/aromatic N) is 2. The summed E-state index contributed by atoms with van der Waals surface area (Å²) in [6, 6.07) is 10.7. The van der Waals surface area contributed by atoms with Crippen LogP contribution in [-0.2, 0) is 5.41 Å².